The molecule has 0 atom stereocenters. The van der Waals surface area contributed by atoms with Gasteiger partial charge in [0.2, 0.25) is 5.91 Å². The van der Waals surface area contributed by atoms with Crippen molar-refractivity contribution in [3.63, 3.8) is 0 Å². The highest BCUT2D eigenvalue weighted by Crippen LogP contribution is 2.42. The van der Waals surface area contributed by atoms with Crippen LogP contribution in [0.15, 0.2) is 24.3 Å². The number of rotatable bonds is 8. The summed E-state index contributed by atoms with van der Waals surface area (Å²) in [6.45, 7) is 5.36. The predicted octanol–water partition coefficient (Wildman–Crippen LogP) is 5.53. The second kappa shape index (κ2) is 9.82. The van der Waals surface area contributed by atoms with E-state index in [4.69, 9.17) is 37.8 Å². The Morgan fingerprint density at radius 2 is 1.67 bits per heavy atom. The summed E-state index contributed by atoms with van der Waals surface area (Å²) in [6.07, 6.45) is -0.695. The van der Waals surface area contributed by atoms with E-state index in [0.29, 0.717) is 11.3 Å². The molecule has 0 aromatic heterocycles. The van der Waals surface area contributed by atoms with Crippen LogP contribution < -0.4 is 14.8 Å². The molecule has 9 heteroatoms. The number of ketones is 1. The number of aliphatic carboxylic acids is 1. The number of nitrogens with one attached hydrogen (secondary N) is 1. The lowest BCUT2D eigenvalue weighted by Gasteiger charge is -2.18. The summed E-state index contributed by atoms with van der Waals surface area (Å²) >= 11 is 12.6. The first-order valence-corrected chi connectivity index (χ1v) is 9.70. The molecule has 0 unspecified atom stereocenters. The third-order valence-electron chi connectivity index (χ3n) is 4.14. The van der Waals surface area contributed by atoms with Crippen LogP contribution >= 0.6 is 23.2 Å². The van der Waals surface area contributed by atoms with E-state index in [1.807, 2.05) is 13.8 Å². The molecular formula is C21H21Cl2NO6. The van der Waals surface area contributed by atoms with Gasteiger partial charge in [0.15, 0.2) is 11.5 Å². The van der Waals surface area contributed by atoms with Crippen LogP contribution in [-0.4, -0.2) is 29.9 Å². The molecule has 0 aliphatic heterocycles. The van der Waals surface area contributed by atoms with E-state index in [1.54, 1.807) is 12.1 Å². The Kier molecular flexibility index (Phi) is 7.70. The van der Waals surface area contributed by atoms with Crippen molar-refractivity contribution in [3.8, 4) is 17.2 Å². The Labute approximate surface area is 183 Å². The molecule has 0 spiro atoms. The summed E-state index contributed by atoms with van der Waals surface area (Å²) in [4.78, 5) is 34.4. The largest absolute Gasteiger partial charge is 0.496 e. The molecule has 0 bridgehead atoms. The summed E-state index contributed by atoms with van der Waals surface area (Å²) in [5.41, 5.74) is 1.34. The third kappa shape index (κ3) is 5.64. The number of anilines is 1. The van der Waals surface area contributed by atoms with Gasteiger partial charge >= 0.3 is 5.97 Å². The van der Waals surface area contributed by atoms with E-state index in [9.17, 15) is 14.4 Å². The quantitative estimate of drug-likeness (QED) is 0.402. The second-order valence-electron chi connectivity index (χ2n) is 6.79. The summed E-state index contributed by atoms with van der Waals surface area (Å²) in [7, 11) is 1.52. The van der Waals surface area contributed by atoms with Crippen LogP contribution in [-0.2, 0) is 9.59 Å². The van der Waals surface area contributed by atoms with Crippen molar-refractivity contribution in [1.29, 1.82) is 0 Å². The number of carboxylic acid groups (broad SMARTS) is 1. The normalized spacial score (nSPS) is 10.6. The smallest absolute Gasteiger partial charge is 0.312 e. The topological polar surface area (TPSA) is 102 Å². The van der Waals surface area contributed by atoms with Crippen LogP contribution in [0.25, 0.3) is 0 Å². The van der Waals surface area contributed by atoms with Gasteiger partial charge < -0.3 is 19.9 Å². The standard InChI is InChI=1S/C21H21Cl2NO6/c1-10(2)13-7-18(14(11(3)25)8-17(13)29-4)30-21-15(22)5-12(6-16(21)23)24-19(26)9-20(27)28/h5-8,10H,9H2,1-4H3,(H,24,26)(H,27,28). The third-order valence-corrected chi connectivity index (χ3v) is 4.70. The average Bonchev–Trinajstić information content (AvgIpc) is 2.63. The molecule has 2 aromatic carbocycles. The van der Waals surface area contributed by atoms with Gasteiger partial charge in [-0.2, -0.15) is 0 Å². The number of carbonyl (C=O) groups excluding carboxylic acids is 2. The molecule has 2 aromatic rings. The van der Waals surface area contributed by atoms with Gasteiger partial charge in [-0.1, -0.05) is 37.0 Å². The fourth-order valence-electron chi connectivity index (χ4n) is 2.75. The Morgan fingerprint density at radius 3 is 2.13 bits per heavy atom. The zero-order valence-corrected chi connectivity index (χ0v) is 18.4. The summed E-state index contributed by atoms with van der Waals surface area (Å²) in [5, 5.41) is 11.2. The number of hydrogen-bond acceptors (Lipinski definition) is 5. The molecule has 0 saturated carbocycles. The van der Waals surface area contributed by atoms with Crippen molar-refractivity contribution in [2.75, 3.05) is 12.4 Å². The van der Waals surface area contributed by atoms with Crippen molar-refractivity contribution in [2.45, 2.75) is 33.1 Å². The number of hydrogen-bond donors (Lipinski definition) is 2. The number of methoxy groups -OCH3 is 1. The number of carboxylic acids is 1. The Morgan fingerprint density at radius 1 is 1.07 bits per heavy atom. The van der Waals surface area contributed by atoms with Crippen LogP contribution in [0.4, 0.5) is 5.69 Å². The fourth-order valence-corrected chi connectivity index (χ4v) is 3.31. The summed E-state index contributed by atoms with van der Waals surface area (Å²) < 4.78 is 11.3. The molecule has 0 fully saturated rings. The minimum absolute atomic E-state index is 0.0737. The SMILES string of the molecule is COc1cc(C(C)=O)c(Oc2c(Cl)cc(NC(=O)CC(=O)O)cc2Cl)cc1C(C)C. The van der Waals surface area contributed by atoms with E-state index in [2.05, 4.69) is 5.32 Å². The van der Waals surface area contributed by atoms with Gasteiger partial charge in [0.1, 0.15) is 17.9 Å². The number of halogens is 2. The van der Waals surface area contributed by atoms with Gasteiger partial charge in [0.05, 0.1) is 22.7 Å². The Bertz CT molecular complexity index is 980. The molecule has 2 N–H and O–H groups in total. The fraction of sp³-hybridized carbons (Fsp3) is 0.286. The monoisotopic (exact) mass is 453 g/mol. The summed E-state index contributed by atoms with van der Waals surface area (Å²) in [5.74, 6) is -1.20. The molecular weight excluding hydrogens is 433 g/mol. The number of amides is 1. The molecule has 0 saturated heterocycles. The number of Topliss-reactive ketones (excluding diaryl/α,β-unsaturated/α-hetero) is 1. The highest BCUT2D eigenvalue weighted by atomic mass is 35.5. The molecule has 0 aliphatic carbocycles. The van der Waals surface area contributed by atoms with E-state index < -0.39 is 18.3 Å². The minimum Gasteiger partial charge on any atom is -0.496 e. The zero-order valence-electron chi connectivity index (χ0n) is 16.8. The van der Waals surface area contributed by atoms with E-state index >= 15 is 0 Å². The summed E-state index contributed by atoms with van der Waals surface area (Å²) in [6, 6.07) is 6.07. The number of carbonyl (C=O) groups is 3. The second-order valence-corrected chi connectivity index (χ2v) is 7.61. The Hall–Kier alpha value is -2.77. The van der Waals surface area contributed by atoms with Gasteiger partial charge in [0.25, 0.3) is 0 Å². The highest BCUT2D eigenvalue weighted by Gasteiger charge is 2.20. The van der Waals surface area contributed by atoms with Gasteiger partial charge in [-0.3, -0.25) is 14.4 Å². The lowest BCUT2D eigenvalue weighted by molar-refractivity contribution is -0.139. The maximum absolute atomic E-state index is 12.1. The zero-order chi connectivity index (χ0) is 22.6. The van der Waals surface area contributed by atoms with E-state index in [1.165, 1.54) is 26.2 Å². The van der Waals surface area contributed by atoms with Crippen LogP contribution in [0.3, 0.4) is 0 Å². The number of ether oxygens (including phenoxy) is 2. The maximum Gasteiger partial charge on any atom is 0.312 e. The van der Waals surface area contributed by atoms with Gasteiger partial charge in [-0.05, 0) is 37.1 Å². The van der Waals surface area contributed by atoms with Crippen molar-refractivity contribution in [1.82, 2.24) is 0 Å². The molecule has 7 nitrogen and oxygen atoms in total. The molecule has 0 radical (unpaired) electrons. The number of benzene rings is 2. The van der Waals surface area contributed by atoms with Gasteiger partial charge in [-0.25, -0.2) is 0 Å². The van der Waals surface area contributed by atoms with E-state index in [0.717, 1.165) is 5.56 Å². The molecule has 0 aliphatic rings. The van der Waals surface area contributed by atoms with Crippen molar-refractivity contribution in [2.24, 2.45) is 0 Å². The van der Waals surface area contributed by atoms with Crippen LogP contribution in [0.5, 0.6) is 17.2 Å². The molecule has 1 amide bonds. The first-order chi connectivity index (χ1) is 14.0. The molecule has 2 rings (SSSR count). The first kappa shape index (κ1) is 23.5. The predicted molar refractivity (Wildman–Crippen MR) is 115 cm³/mol. The van der Waals surface area contributed by atoms with Crippen molar-refractivity contribution >= 4 is 46.5 Å². The molecule has 160 valence electrons. The lowest BCUT2D eigenvalue weighted by Crippen LogP contribution is -2.15. The van der Waals surface area contributed by atoms with E-state index in [-0.39, 0.29) is 38.9 Å². The van der Waals surface area contributed by atoms with Crippen molar-refractivity contribution < 1.29 is 29.0 Å². The van der Waals surface area contributed by atoms with Gasteiger partial charge in [0, 0.05) is 11.3 Å². The highest BCUT2D eigenvalue weighted by molar-refractivity contribution is 6.37. The maximum atomic E-state index is 12.1. The van der Waals surface area contributed by atoms with Crippen LogP contribution in [0.2, 0.25) is 10.0 Å². The van der Waals surface area contributed by atoms with Crippen molar-refractivity contribution in [3.05, 3.63) is 45.4 Å². The Balaban J connectivity index is 2.44. The first-order valence-electron chi connectivity index (χ1n) is 8.94. The molecule has 0 heterocycles. The minimum atomic E-state index is -1.26. The lowest BCUT2D eigenvalue weighted by atomic mass is 9.98. The van der Waals surface area contributed by atoms with Crippen LogP contribution in [0.1, 0.15) is 49.0 Å². The van der Waals surface area contributed by atoms with Gasteiger partial charge in [-0.15, -0.1) is 0 Å². The van der Waals surface area contributed by atoms with Crippen LogP contribution in [0, 0.1) is 0 Å². The molecule has 30 heavy (non-hydrogen) atoms. The average molecular weight is 454 g/mol.